The van der Waals surface area contributed by atoms with Gasteiger partial charge in [-0.2, -0.15) is 0 Å². The monoisotopic (exact) mass is 414 g/mol. The zero-order valence-electron chi connectivity index (χ0n) is 17.6. The first-order chi connectivity index (χ1) is 15.1. The minimum Gasteiger partial charge on any atom is -0.490 e. The van der Waals surface area contributed by atoms with E-state index in [0.29, 0.717) is 0 Å². The van der Waals surface area contributed by atoms with Crippen molar-refractivity contribution in [2.45, 2.75) is 32.4 Å². The van der Waals surface area contributed by atoms with E-state index in [1.54, 1.807) is 0 Å². The fourth-order valence-electron chi connectivity index (χ4n) is 4.55. The summed E-state index contributed by atoms with van der Waals surface area (Å²) < 4.78 is 8.28. The third-order valence-corrected chi connectivity index (χ3v) is 6.00. The van der Waals surface area contributed by atoms with E-state index in [9.17, 15) is 4.79 Å². The van der Waals surface area contributed by atoms with E-state index in [2.05, 4.69) is 41.1 Å². The van der Waals surface area contributed by atoms with Crippen molar-refractivity contribution in [2.24, 2.45) is 5.73 Å². The molecule has 2 aromatic heterocycles. The molecule has 1 aliphatic heterocycles. The number of para-hydroxylation sites is 1. The second-order valence-electron chi connectivity index (χ2n) is 8.20. The molecule has 0 aliphatic carbocycles. The standard InChI is InChI=1S/C25H26N4O2/c1-17-15-23(19-5-2-3-6-21(19)27-17)28-12-9-18(10-13-28)31-24-8-4-7-22-20(24)11-14-29(22)16-25(26)30/h2-8,11,14-15,18H,9-10,12-13,16H2,1H3,(H2,26,30). The zero-order valence-corrected chi connectivity index (χ0v) is 17.6. The molecule has 0 saturated carbocycles. The van der Waals surface area contributed by atoms with E-state index in [1.807, 2.05) is 41.1 Å². The average molecular weight is 415 g/mol. The van der Waals surface area contributed by atoms with Gasteiger partial charge in [-0.25, -0.2) is 0 Å². The Morgan fingerprint density at radius 3 is 2.71 bits per heavy atom. The number of piperidine rings is 1. The van der Waals surface area contributed by atoms with Crippen molar-refractivity contribution in [1.29, 1.82) is 0 Å². The second kappa shape index (κ2) is 7.95. The summed E-state index contributed by atoms with van der Waals surface area (Å²) in [7, 11) is 0. The Bertz CT molecular complexity index is 1260. The number of hydrogen-bond donors (Lipinski definition) is 1. The van der Waals surface area contributed by atoms with Crippen LogP contribution in [0.5, 0.6) is 5.75 Å². The minimum absolute atomic E-state index is 0.163. The predicted octanol–water partition coefficient (Wildman–Crippen LogP) is 4.03. The van der Waals surface area contributed by atoms with E-state index >= 15 is 0 Å². The van der Waals surface area contributed by atoms with Crippen LogP contribution in [0.25, 0.3) is 21.8 Å². The molecule has 0 radical (unpaired) electrons. The lowest BCUT2D eigenvalue weighted by molar-refractivity contribution is -0.118. The number of anilines is 1. The number of carbonyl (C=O) groups is 1. The number of hydrogen-bond acceptors (Lipinski definition) is 4. The summed E-state index contributed by atoms with van der Waals surface area (Å²) in [6.45, 7) is 4.11. The maximum Gasteiger partial charge on any atom is 0.237 e. The van der Waals surface area contributed by atoms with Crippen LogP contribution in [-0.4, -0.2) is 34.7 Å². The highest BCUT2D eigenvalue weighted by molar-refractivity contribution is 5.92. The van der Waals surface area contributed by atoms with Crippen molar-refractivity contribution in [3.05, 3.63) is 66.5 Å². The number of rotatable bonds is 5. The lowest BCUT2D eigenvalue weighted by Crippen LogP contribution is -2.38. The smallest absolute Gasteiger partial charge is 0.237 e. The van der Waals surface area contributed by atoms with Gasteiger partial charge >= 0.3 is 0 Å². The Labute approximate surface area is 181 Å². The van der Waals surface area contributed by atoms with Crippen molar-refractivity contribution in [2.75, 3.05) is 18.0 Å². The van der Waals surface area contributed by atoms with E-state index in [1.165, 1.54) is 11.1 Å². The summed E-state index contributed by atoms with van der Waals surface area (Å²) in [5, 5.41) is 2.22. The highest BCUT2D eigenvalue weighted by Gasteiger charge is 2.23. The SMILES string of the molecule is Cc1cc(N2CCC(Oc3cccc4c3ccn4CC(N)=O)CC2)c2ccccc2n1. The largest absolute Gasteiger partial charge is 0.490 e. The van der Waals surface area contributed by atoms with Gasteiger partial charge in [0.25, 0.3) is 0 Å². The van der Waals surface area contributed by atoms with E-state index in [0.717, 1.165) is 53.8 Å². The molecular formula is C25H26N4O2. The van der Waals surface area contributed by atoms with Crippen LogP contribution < -0.4 is 15.4 Å². The number of aryl methyl sites for hydroxylation is 1. The fraction of sp³-hybridized carbons (Fsp3) is 0.280. The molecule has 5 rings (SSSR count). The van der Waals surface area contributed by atoms with Crippen LogP contribution >= 0.6 is 0 Å². The molecule has 0 unspecified atom stereocenters. The molecule has 6 nitrogen and oxygen atoms in total. The summed E-state index contributed by atoms with van der Waals surface area (Å²) in [4.78, 5) is 18.4. The number of carbonyl (C=O) groups excluding carboxylic acids is 1. The van der Waals surface area contributed by atoms with Crippen LogP contribution in [0.15, 0.2) is 60.8 Å². The number of nitrogens with zero attached hydrogens (tertiary/aromatic N) is 3. The minimum atomic E-state index is -0.352. The third kappa shape index (κ3) is 3.81. The predicted molar refractivity (Wildman–Crippen MR) is 123 cm³/mol. The summed E-state index contributed by atoms with van der Waals surface area (Å²) >= 11 is 0. The van der Waals surface area contributed by atoms with E-state index in [4.69, 9.17) is 10.5 Å². The van der Waals surface area contributed by atoms with Gasteiger partial charge in [-0.15, -0.1) is 0 Å². The van der Waals surface area contributed by atoms with Crippen LogP contribution in [0.1, 0.15) is 18.5 Å². The van der Waals surface area contributed by atoms with Crippen LogP contribution in [0.4, 0.5) is 5.69 Å². The first-order valence-electron chi connectivity index (χ1n) is 10.7. The Morgan fingerprint density at radius 1 is 1.10 bits per heavy atom. The number of aromatic nitrogens is 2. The average Bonchev–Trinajstić information content (AvgIpc) is 3.17. The molecule has 0 spiro atoms. The number of primary amides is 1. The quantitative estimate of drug-likeness (QED) is 0.535. The molecule has 2 N–H and O–H groups in total. The molecule has 0 atom stereocenters. The van der Waals surface area contributed by atoms with Gasteiger partial charge in [-0.3, -0.25) is 9.78 Å². The Balaban J connectivity index is 1.32. The fourth-order valence-corrected chi connectivity index (χ4v) is 4.55. The maximum atomic E-state index is 11.3. The van der Waals surface area contributed by atoms with Gasteiger partial charge in [-0.05, 0) is 37.3 Å². The first kappa shape index (κ1) is 19.4. The molecule has 3 heterocycles. The molecule has 1 amide bonds. The van der Waals surface area contributed by atoms with Gasteiger partial charge in [-0.1, -0.05) is 24.3 Å². The number of benzene rings is 2. The lowest BCUT2D eigenvalue weighted by Gasteiger charge is -2.34. The maximum absolute atomic E-state index is 11.3. The number of amides is 1. The molecule has 6 heteroatoms. The zero-order chi connectivity index (χ0) is 21.4. The van der Waals surface area contributed by atoms with Gasteiger partial charge in [0.15, 0.2) is 0 Å². The molecule has 158 valence electrons. The molecule has 0 bridgehead atoms. The number of fused-ring (bicyclic) bond motifs is 2. The van der Waals surface area contributed by atoms with Gasteiger partial charge < -0.3 is 19.9 Å². The van der Waals surface area contributed by atoms with Gasteiger partial charge in [0, 0.05) is 54.3 Å². The van der Waals surface area contributed by atoms with Crippen LogP contribution in [0, 0.1) is 6.92 Å². The first-order valence-corrected chi connectivity index (χ1v) is 10.7. The number of ether oxygens (including phenoxy) is 1. The highest BCUT2D eigenvalue weighted by Crippen LogP contribution is 2.32. The molecule has 1 saturated heterocycles. The van der Waals surface area contributed by atoms with Crippen molar-refractivity contribution < 1.29 is 9.53 Å². The van der Waals surface area contributed by atoms with Crippen molar-refractivity contribution in [3.8, 4) is 5.75 Å². The van der Waals surface area contributed by atoms with Crippen molar-refractivity contribution in [3.63, 3.8) is 0 Å². The van der Waals surface area contributed by atoms with Gasteiger partial charge in [0.05, 0.1) is 11.0 Å². The third-order valence-electron chi connectivity index (χ3n) is 6.00. The van der Waals surface area contributed by atoms with Crippen molar-refractivity contribution >= 4 is 33.4 Å². The lowest BCUT2D eigenvalue weighted by atomic mass is 10.0. The molecule has 1 fully saturated rings. The summed E-state index contributed by atoms with van der Waals surface area (Å²) in [6, 6.07) is 18.5. The Morgan fingerprint density at radius 2 is 1.90 bits per heavy atom. The number of pyridine rings is 1. The van der Waals surface area contributed by atoms with E-state index < -0.39 is 0 Å². The summed E-state index contributed by atoms with van der Waals surface area (Å²) in [6.07, 6.45) is 3.96. The summed E-state index contributed by atoms with van der Waals surface area (Å²) in [5.41, 5.74) is 9.67. The Kier molecular flexibility index (Phi) is 4.98. The van der Waals surface area contributed by atoms with E-state index in [-0.39, 0.29) is 18.6 Å². The second-order valence-corrected chi connectivity index (χ2v) is 8.20. The molecule has 4 aromatic rings. The number of nitrogens with two attached hydrogens (primary N) is 1. The molecular weight excluding hydrogens is 388 g/mol. The van der Waals surface area contributed by atoms with Crippen LogP contribution in [0.2, 0.25) is 0 Å². The molecule has 31 heavy (non-hydrogen) atoms. The van der Waals surface area contributed by atoms with Crippen LogP contribution in [-0.2, 0) is 11.3 Å². The molecule has 1 aliphatic rings. The molecule has 2 aromatic carbocycles. The van der Waals surface area contributed by atoms with Crippen molar-refractivity contribution in [1.82, 2.24) is 9.55 Å². The van der Waals surface area contributed by atoms with Gasteiger partial charge in [0.2, 0.25) is 5.91 Å². The summed E-state index contributed by atoms with van der Waals surface area (Å²) in [5.74, 6) is 0.513. The normalized spacial score (nSPS) is 14.9. The Hall–Kier alpha value is -3.54. The van der Waals surface area contributed by atoms with Gasteiger partial charge in [0.1, 0.15) is 18.4 Å². The van der Waals surface area contributed by atoms with Crippen LogP contribution in [0.3, 0.4) is 0 Å². The topological polar surface area (TPSA) is 73.4 Å². The highest BCUT2D eigenvalue weighted by atomic mass is 16.5.